The van der Waals surface area contributed by atoms with Crippen molar-refractivity contribution in [3.05, 3.63) is 70.6 Å². The molecule has 1 amide bonds. The lowest BCUT2D eigenvalue weighted by atomic mass is 9.94. The first kappa shape index (κ1) is 23.5. The van der Waals surface area contributed by atoms with Crippen molar-refractivity contribution in [3.63, 3.8) is 0 Å². The van der Waals surface area contributed by atoms with Crippen LogP contribution in [0.15, 0.2) is 53.1 Å². The van der Waals surface area contributed by atoms with Crippen LogP contribution in [0.4, 0.5) is 0 Å². The minimum absolute atomic E-state index is 0.0309. The molecule has 0 unspecified atom stereocenters. The van der Waals surface area contributed by atoms with E-state index in [-0.39, 0.29) is 5.91 Å². The number of hydrogen-bond donors (Lipinski definition) is 1. The molecule has 1 saturated carbocycles. The summed E-state index contributed by atoms with van der Waals surface area (Å²) in [5.41, 5.74) is 3.26. The van der Waals surface area contributed by atoms with Gasteiger partial charge in [0.05, 0.1) is 0 Å². The molecule has 0 aliphatic heterocycles. The second-order valence-electron chi connectivity index (χ2n) is 8.77. The fraction of sp³-hybridized carbons (Fsp3) is 0.423. The van der Waals surface area contributed by atoms with Gasteiger partial charge in [-0.05, 0) is 55.3 Å². The van der Waals surface area contributed by atoms with Gasteiger partial charge in [-0.15, -0.1) is 0 Å². The van der Waals surface area contributed by atoms with E-state index in [4.69, 9.17) is 16.1 Å². The number of halogens is 1. The van der Waals surface area contributed by atoms with E-state index in [2.05, 4.69) is 45.6 Å². The molecule has 33 heavy (non-hydrogen) atoms. The number of nitrogens with zero attached hydrogens (tertiary/aromatic N) is 3. The fourth-order valence-corrected chi connectivity index (χ4v) is 4.51. The molecule has 1 N–H and O–H groups in total. The highest BCUT2D eigenvalue weighted by atomic mass is 35.5. The van der Waals surface area contributed by atoms with Crippen molar-refractivity contribution in [1.29, 1.82) is 0 Å². The molecular formula is C26H31ClN4O2. The number of amides is 1. The van der Waals surface area contributed by atoms with E-state index in [1.54, 1.807) is 12.1 Å². The summed E-state index contributed by atoms with van der Waals surface area (Å²) in [6.07, 6.45) is 7.28. The summed E-state index contributed by atoms with van der Waals surface area (Å²) >= 11 is 5.92. The second kappa shape index (κ2) is 11.4. The Bertz CT molecular complexity index is 1040. The van der Waals surface area contributed by atoms with Crippen molar-refractivity contribution >= 4 is 17.5 Å². The maximum absolute atomic E-state index is 12.5. The first-order chi connectivity index (χ1) is 16.1. The molecule has 1 aromatic heterocycles. The number of nitrogens with one attached hydrogen (secondary N) is 1. The Morgan fingerprint density at radius 1 is 1.09 bits per heavy atom. The molecule has 1 aliphatic carbocycles. The van der Waals surface area contributed by atoms with Crippen LogP contribution in [0.2, 0.25) is 5.02 Å². The first-order valence-corrected chi connectivity index (χ1v) is 12.1. The van der Waals surface area contributed by atoms with Crippen LogP contribution in [0.3, 0.4) is 0 Å². The monoisotopic (exact) mass is 466 g/mol. The van der Waals surface area contributed by atoms with Gasteiger partial charge in [0.2, 0.25) is 17.6 Å². The number of hydrogen-bond acceptors (Lipinski definition) is 5. The molecule has 2 aromatic carbocycles. The van der Waals surface area contributed by atoms with Crippen LogP contribution in [-0.2, 0) is 24.3 Å². The van der Waals surface area contributed by atoms with Gasteiger partial charge in [-0.1, -0.05) is 60.3 Å². The Labute approximate surface area is 200 Å². The third-order valence-electron chi connectivity index (χ3n) is 6.35. The first-order valence-electron chi connectivity index (χ1n) is 11.7. The van der Waals surface area contributed by atoms with Crippen molar-refractivity contribution in [2.24, 2.45) is 0 Å². The smallest absolute Gasteiger partial charge is 0.227 e. The topological polar surface area (TPSA) is 71.3 Å². The largest absolute Gasteiger partial charge is 0.352 e. The summed E-state index contributed by atoms with van der Waals surface area (Å²) in [7, 11) is 2.22. The Balaban J connectivity index is 1.27. The molecule has 1 aliphatic rings. The van der Waals surface area contributed by atoms with E-state index in [0.29, 0.717) is 42.2 Å². The molecule has 0 radical (unpaired) electrons. The molecule has 0 spiro atoms. The summed E-state index contributed by atoms with van der Waals surface area (Å²) in [5.74, 6) is 0.916. The number of rotatable bonds is 9. The molecule has 1 fully saturated rings. The summed E-state index contributed by atoms with van der Waals surface area (Å²) in [4.78, 5) is 19.3. The Hall–Kier alpha value is -2.70. The van der Waals surface area contributed by atoms with E-state index in [1.807, 2.05) is 18.2 Å². The quantitative estimate of drug-likeness (QED) is 0.457. The zero-order valence-electron chi connectivity index (χ0n) is 19.1. The van der Waals surface area contributed by atoms with Crippen molar-refractivity contribution in [1.82, 2.24) is 20.4 Å². The molecule has 3 aromatic rings. The van der Waals surface area contributed by atoms with Crippen LogP contribution >= 0.6 is 11.6 Å². The van der Waals surface area contributed by atoms with Crippen LogP contribution in [0, 0.1) is 0 Å². The van der Waals surface area contributed by atoms with E-state index >= 15 is 0 Å². The predicted octanol–water partition coefficient (Wildman–Crippen LogP) is 5.40. The molecule has 0 bridgehead atoms. The van der Waals surface area contributed by atoms with Gasteiger partial charge in [0.15, 0.2) is 0 Å². The zero-order chi connectivity index (χ0) is 23.0. The SMILES string of the molecule is CN(Cc1ccccc1CNC(=O)CCc1nc(-c2ccc(Cl)cc2)no1)C1CCCCC1. The Morgan fingerprint density at radius 3 is 2.58 bits per heavy atom. The van der Waals surface area contributed by atoms with E-state index in [1.165, 1.54) is 37.7 Å². The van der Waals surface area contributed by atoms with E-state index < -0.39 is 0 Å². The lowest BCUT2D eigenvalue weighted by molar-refractivity contribution is -0.121. The summed E-state index contributed by atoms with van der Waals surface area (Å²) in [6.45, 7) is 1.43. The molecular weight excluding hydrogens is 436 g/mol. The maximum Gasteiger partial charge on any atom is 0.227 e. The van der Waals surface area contributed by atoms with Crippen molar-refractivity contribution < 1.29 is 9.32 Å². The molecule has 0 saturated heterocycles. The molecule has 6 nitrogen and oxygen atoms in total. The van der Waals surface area contributed by atoms with Crippen LogP contribution in [-0.4, -0.2) is 34.0 Å². The highest BCUT2D eigenvalue weighted by Gasteiger charge is 2.19. The molecule has 0 atom stereocenters. The fourth-order valence-electron chi connectivity index (χ4n) is 4.38. The van der Waals surface area contributed by atoms with Crippen molar-refractivity contribution in [2.45, 2.75) is 64.1 Å². The summed E-state index contributed by atoms with van der Waals surface area (Å²) in [6, 6.07) is 16.3. The van der Waals surface area contributed by atoms with E-state index in [0.717, 1.165) is 17.7 Å². The Morgan fingerprint density at radius 2 is 1.82 bits per heavy atom. The average Bonchev–Trinajstić information content (AvgIpc) is 3.32. The van der Waals surface area contributed by atoms with Gasteiger partial charge in [-0.3, -0.25) is 9.69 Å². The summed E-state index contributed by atoms with van der Waals surface area (Å²) < 4.78 is 5.30. The van der Waals surface area contributed by atoms with Crippen LogP contribution in [0.1, 0.15) is 55.5 Å². The third kappa shape index (κ3) is 6.65. The lowest BCUT2D eigenvalue weighted by Crippen LogP contribution is -2.33. The molecule has 4 rings (SSSR count). The second-order valence-corrected chi connectivity index (χ2v) is 9.21. The van der Waals surface area contributed by atoms with Crippen LogP contribution in [0.25, 0.3) is 11.4 Å². The zero-order valence-corrected chi connectivity index (χ0v) is 19.9. The van der Waals surface area contributed by atoms with E-state index in [9.17, 15) is 4.79 Å². The number of aryl methyl sites for hydroxylation is 1. The van der Waals surface area contributed by atoms with Crippen molar-refractivity contribution in [2.75, 3.05) is 7.05 Å². The van der Waals surface area contributed by atoms with Gasteiger partial charge in [0.1, 0.15) is 0 Å². The highest BCUT2D eigenvalue weighted by Crippen LogP contribution is 2.24. The Kier molecular flexibility index (Phi) is 8.13. The van der Waals surface area contributed by atoms with Crippen molar-refractivity contribution in [3.8, 4) is 11.4 Å². The average molecular weight is 467 g/mol. The number of benzene rings is 2. The predicted molar refractivity (Wildman–Crippen MR) is 130 cm³/mol. The van der Waals surface area contributed by atoms with Gasteiger partial charge in [0.25, 0.3) is 0 Å². The molecule has 7 heteroatoms. The van der Waals surface area contributed by atoms with Gasteiger partial charge >= 0.3 is 0 Å². The normalized spacial score (nSPS) is 14.5. The van der Waals surface area contributed by atoms with Gasteiger partial charge < -0.3 is 9.84 Å². The molecule has 174 valence electrons. The highest BCUT2D eigenvalue weighted by molar-refractivity contribution is 6.30. The maximum atomic E-state index is 12.5. The van der Waals surface area contributed by atoms with Gasteiger partial charge in [0, 0.05) is 42.6 Å². The van der Waals surface area contributed by atoms with Crippen LogP contribution < -0.4 is 5.32 Å². The minimum atomic E-state index is -0.0309. The standard InChI is InChI=1S/C26H31ClN4O2/c1-31(23-9-3-2-4-10-23)18-21-8-6-5-7-20(21)17-28-24(32)15-16-25-29-26(30-33-25)19-11-13-22(27)14-12-19/h5-8,11-14,23H,2-4,9-10,15-18H2,1H3,(H,28,32). The minimum Gasteiger partial charge on any atom is -0.352 e. The summed E-state index contributed by atoms with van der Waals surface area (Å²) in [5, 5.41) is 7.70. The van der Waals surface area contributed by atoms with Gasteiger partial charge in [-0.2, -0.15) is 4.98 Å². The number of carbonyl (C=O) groups is 1. The third-order valence-corrected chi connectivity index (χ3v) is 6.60. The van der Waals surface area contributed by atoms with Crippen LogP contribution in [0.5, 0.6) is 0 Å². The molecule has 1 heterocycles. The van der Waals surface area contributed by atoms with Gasteiger partial charge in [-0.25, -0.2) is 0 Å². The number of carbonyl (C=O) groups excluding carboxylic acids is 1. The lowest BCUT2D eigenvalue weighted by Gasteiger charge is -2.31. The number of aromatic nitrogens is 2.